The molecule has 1 aromatic heterocycles. The normalized spacial score (nSPS) is 18.5. The van der Waals surface area contributed by atoms with E-state index in [1.165, 1.54) is 22.6 Å². The zero-order valence-corrected chi connectivity index (χ0v) is 14.8. The van der Waals surface area contributed by atoms with Crippen LogP contribution in [-0.2, 0) is 0 Å². The van der Waals surface area contributed by atoms with E-state index < -0.39 is 0 Å². The lowest BCUT2D eigenvalue weighted by molar-refractivity contribution is 0.190. The van der Waals surface area contributed by atoms with E-state index in [9.17, 15) is 4.79 Å². The van der Waals surface area contributed by atoms with Gasteiger partial charge in [-0.3, -0.25) is 0 Å². The summed E-state index contributed by atoms with van der Waals surface area (Å²) in [5.41, 5.74) is 0.782. The SMILES string of the molecule is Cc1ccc([C@H]2CCCCCN2C(=O)Nc2ccc(Cl)cc2)s1. The number of rotatable bonds is 2. The van der Waals surface area contributed by atoms with E-state index in [1.807, 2.05) is 17.0 Å². The summed E-state index contributed by atoms with van der Waals surface area (Å²) in [4.78, 5) is 17.4. The molecule has 0 radical (unpaired) electrons. The van der Waals surface area contributed by atoms with Crippen LogP contribution < -0.4 is 5.32 Å². The first-order valence-electron chi connectivity index (χ1n) is 8.03. The zero-order chi connectivity index (χ0) is 16.2. The van der Waals surface area contributed by atoms with Crippen LogP contribution in [0.15, 0.2) is 36.4 Å². The second kappa shape index (κ2) is 7.37. The average molecular weight is 349 g/mol. The van der Waals surface area contributed by atoms with E-state index in [0.717, 1.165) is 25.1 Å². The maximum absolute atomic E-state index is 12.8. The summed E-state index contributed by atoms with van der Waals surface area (Å²) in [6.07, 6.45) is 4.46. The number of benzene rings is 1. The van der Waals surface area contributed by atoms with Crippen LogP contribution in [0.3, 0.4) is 0 Å². The van der Waals surface area contributed by atoms with Gasteiger partial charge in [0.1, 0.15) is 0 Å². The number of carbonyl (C=O) groups is 1. The summed E-state index contributed by atoms with van der Waals surface area (Å²) >= 11 is 7.70. The molecule has 0 aliphatic carbocycles. The van der Waals surface area contributed by atoms with Gasteiger partial charge in [0.05, 0.1) is 6.04 Å². The lowest BCUT2D eigenvalue weighted by Gasteiger charge is -2.29. The molecule has 3 rings (SSSR count). The molecular weight excluding hydrogens is 328 g/mol. The second-order valence-corrected chi connectivity index (χ2v) is 7.70. The molecule has 1 saturated heterocycles. The summed E-state index contributed by atoms with van der Waals surface area (Å²) in [6.45, 7) is 2.92. The minimum atomic E-state index is -0.0229. The summed E-state index contributed by atoms with van der Waals surface area (Å²) < 4.78 is 0. The Morgan fingerprint density at radius 3 is 2.65 bits per heavy atom. The number of halogens is 1. The van der Waals surface area contributed by atoms with Crippen molar-refractivity contribution in [3.63, 3.8) is 0 Å². The Kier molecular flexibility index (Phi) is 5.23. The third-order valence-electron chi connectivity index (χ3n) is 4.20. The van der Waals surface area contributed by atoms with Gasteiger partial charge in [-0.1, -0.05) is 24.4 Å². The number of aryl methyl sites for hydroxylation is 1. The molecule has 1 fully saturated rings. The fourth-order valence-corrected chi connectivity index (χ4v) is 4.16. The van der Waals surface area contributed by atoms with E-state index in [1.54, 1.807) is 23.5 Å². The number of nitrogens with zero attached hydrogens (tertiary/aromatic N) is 1. The second-order valence-electron chi connectivity index (χ2n) is 5.94. The van der Waals surface area contributed by atoms with Gasteiger partial charge < -0.3 is 10.2 Å². The molecule has 2 heterocycles. The smallest absolute Gasteiger partial charge is 0.317 e. The first kappa shape index (κ1) is 16.3. The number of likely N-dealkylation sites (tertiary alicyclic amines) is 1. The third kappa shape index (κ3) is 4.06. The lowest BCUT2D eigenvalue weighted by Crippen LogP contribution is -2.37. The minimum absolute atomic E-state index is 0.0229. The highest BCUT2D eigenvalue weighted by atomic mass is 35.5. The molecule has 0 bridgehead atoms. The van der Waals surface area contributed by atoms with E-state index in [2.05, 4.69) is 24.4 Å². The highest BCUT2D eigenvalue weighted by Gasteiger charge is 2.27. The molecule has 0 saturated carbocycles. The Morgan fingerprint density at radius 1 is 1.17 bits per heavy atom. The van der Waals surface area contributed by atoms with Gasteiger partial charge in [-0.15, -0.1) is 11.3 Å². The summed E-state index contributed by atoms with van der Waals surface area (Å²) in [7, 11) is 0. The van der Waals surface area contributed by atoms with E-state index in [4.69, 9.17) is 11.6 Å². The molecule has 1 aromatic carbocycles. The van der Waals surface area contributed by atoms with Crippen molar-refractivity contribution in [1.29, 1.82) is 0 Å². The highest BCUT2D eigenvalue weighted by Crippen LogP contribution is 2.34. The van der Waals surface area contributed by atoms with Crippen molar-refractivity contribution in [3.05, 3.63) is 51.2 Å². The highest BCUT2D eigenvalue weighted by molar-refractivity contribution is 7.12. The quantitative estimate of drug-likeness (QED) is 0.724. The van der Waals surface area contributed by atoms with Crippen LogP contribution in [0.2, 0.25) is 5.02 Å². The Morgan fingerprint density at radius 2 is 1.96 bits per heavy atom. The fraction of sp³-hybridized carbons (Fsp3) is 0.389. The van der Waals surface area contributed by atoms with E-state index in [-0.39, 0.29) is 12.1 Å². The van der Waals surface area contributed by atoms with Gasteiger partial charge in [-0.25, -0.2) is 4.79 Å². The molecule has 2 amide bonds. The number of hydrogen-bond acceptors (Lipinski definition) is 2. The van der Waals surface area contributed by atoms with Gasteiger partial charge in [0.15, 0.2) is 0 Å². The number of carbonyl (C=O) groups excluding carboxylic acids is 1. The molecule has 2 aromatic rings. The predicted molar refractivity (Wildman–Crippen MR) is 97.4 cm³/mol. The Balaban J connectivity index is 1.78. The van der Waals surface area contributed by atoms with Gasteiger partial charge in [0.2, 0.25) is 0 Å². The van der Waals surface area contributed by atoms with Crippen LogP contribution in [0.1, 0.15) is 41.5 Å². The van der Waals surface area contributed by atoms with Crippen LogP contribution in [0, 0.1) is 6.92 Å². The van der Waals surface area contributed by atoms with Gasteiger partial charge in [0, 0.05) is 27.0 Å². The molecule has 0 spiro atoms. The van der Waals surface area contributed by atoms with Crippen LogP contribution >= 0.6 is 22.9 Å². The standard InChI is InChI=1S/C18H21ClN2OS/c1-13-6-11-17(23-13)16-5-3-2-4-12-21(16)18(22)20-15-9-7-14(19)8-10-15/h6-11,16H,2-5,12H2,1H3,(H,20,22)/t16-/m1/s1. The number of hydrogen-bond donors (Lipinski definition) is 1. The average Bonchev–Trinajstić information content (AvgIpc) is 2.82. The van der Waals surface area contributed by atoms with Crippen molar-refractivity contribution < 1.29 is 4.79 Å². The molecule has 122 valence electrons. The zero-order valence-electron chi connectivity index (χ0n) is 13.2. The largest absolute Gasteiger partial charge is 0.322 e. The Labute approximate surface area is 146 Å². The minimum Gasteiger partial charge on any atom is -0.317 e. The van der Waals surface area contributed by atoms with Crippen LogP contribution in [-0.4, -0.2) is 17.5 Å². The predicted octanol–water partition coefficient (Wildman–Crippen LogP) is 5.86. The van der Waals surface area contributed by atoms with E-state index in [0.29, 0.717) is 5.02 Å². The third-order valence-corrected chi connectivity index (χ3v) is 5.55. The van der Waals surface area contributed by atoms with Gasteiger partial charge in [0.25, 0.3) is 0 Å². The number of thiophene rings is 1. The molecule has 3 nitrogen and oxygen atoms in total. The molecule has 5 heteroatoms. The lowest BCUT2D eigenvalue weighted by atomic mass is 10.1. The molecule has 1 N–H and O–H groups in total. The molecular formula is C18H21ClN2OS. The number of amides is 2. The van der Waals surface area contributed by atoms with Crippen molar-refractivity contribution in [2.75, 3.05) is 11.9 Å². The monoisotopic (exact) mass is 348 g/mol. The van der Waals surface area contributed by atoms with Crippen molar-refractivity contribution in [1.82, 2.24) is 4.90 Å². The van der Waals surface area contributed by atoms with Gasteiger partial charge in [-0.05, 0) is 56.2 Å². The first-order chi connectivity index (χ1) is 11.1. The van der Waals surface area contributed by atoms with E-state index >= 15 is 0 Å². The molecule has 1 aliphatic heterocycles. The fourth-order valence-electron chi connectivity index (χ4n) is 3.01. The molecule has 0 unspecified atom stereocenters. The van der Waals surface area contributed by atoms with Crippen molar-refractivity contribution >= 4 is 34.7 Å². The molecule has 1 aliphatic rings. The molecule has 23 heavy (non-hydrogen) atoms. The molecule has 1 atom stereocenters. The summed E-state index contributed by atoms with van der Waals surface area (Å²) in [6, 6.07) is 11.7. The topological polar surface area (TPSA) is 32.3 Å². The summed E-state index contributed by atoms with van der Waals surface area (Å²) in [5, 5.41) is 3.68. The van der Waals surface area contributed by atoms with Crippen molar-refractivity contribution in [3.8, 4) is 0 Å². The first-order valence-corrected chi connectivity index (χ1v) is 9.22. The van der Waals surface area contributed by atoms with Gasteiger partial charge in [-0.2, -0.15) is 0 Å². The van der Waals surface area contributed by atoms with Crippen LogP contribution in [0.4, 0.5) is 10.5 Å². The maximum atomic E-state index is 12.8. The summed E-state index contributed by atoms with van der Waals surface area (Å²) in [5.74, 6) is 0. The number of anilines is 1. The van der Waals surface area contributed by atoms with Gasteiger partial charge >= 0.3 is 6.03 Å². The number of urea groups is 1. The Hall–Kier alpha value is -1.52. The van der Waals surface area contributed by atoms with Crippen LogP contribution in [0.5, 0.6) is 0 Å². The van der Waals surface area contributed by atoms with Crippen molar-refractivity contribution in [2.45, 2.75) is 38.6 Å². The van der Waals surface area contributed by atoms with Crippen LogP contribution in [0.25, 0.3) is 0 Å². The van der Waals surface area contributed by atoms with Crippen molar-refractivity contribution in [2.24, 2.45) is 0 Å². The number of nitrogens with one attached hydrogen (secondary N) is 1. The Bertz CT molecular complexity index is 668. The maximum Gasteiger partial charge on any atom is 0.322 e.